The molecule has 2 aromatic carbocycles. The number of aliphatic imine (C=N–C) groups is 1. The maximum Gasteiger partial charge on any atom is 0.291 e. The van der Waals surface area contributed by atoms with Crippen molar-refractivity contribution in [2.45, 2.75) is 59.2 Å². The van der Waals surface area contributed by atoms with Crippen LogP contribution in [-0.2, 0) is 31.8 Å². The van der Waals surface area contributed by atoms with E-state index in [0.29, 0.717) is 23.8 Å². The number of hydrogen-bond donors (Lipinski definition) is 1. The van der Waals surface area contributed by atoms with Gasteiger partial charge in [-0.3, -0.25) is 4.79 Å². The number of ether oxygens (including phenoxy) is 4. The summed E-state index contributed by atoms with van der Waals surface area (Å²) in [6, 6.07) is 17.0. The van der Waals surface area contributed by atoms with E-state index in [1.54, 1.807) is 31.2 Å². The summed E-state index contributed by atoms with van der Waals surface area (Å²) in [4.78, 5) is 17.6. The van der Waals surface area contributed by atoms with Gasteiger partial charge in [-0.1, -0.05) is 36.9 Å². The van der Waals surface area contributed by atoms with E-state index in [9.17, 15) is 4.79 Å². The molecule has 216 valence electrons. The number of para-hydroxylation sites is 1. The number of furan rings is 1. The lowest BCUT2D eigenvalue weighted by atomic mass is 9.86. The molecule has 0 bridgehead atoms. The minimum absolute atomic E-state index is 0.0620. The van der Waals surface area contributed by atoms with Crippen molar-refractivity contribution in [1.29, 1.82) is 0 Å². The van der Waals surface area contributed by atoms with Gasteiger partial charge in [-0.15, -0.1) is 0 Å². The number of hydrogen-bond acceptors (Lipinski definition) is 7. The first-order valence-electron chi connectivity index (χ1n) is 13.4. The van der Waals surface area contributed by atoms with Gasteiger partial charge in [0.1, 0.15) is 23.0 Å². The molecule has 1 aliphatic heterocycles. The van der Waals surface area contributed by atoms with Crippen LogP contribution in [0.3, 0.4) is 0 Å². The van der Waals surface area contributed by atoms with Crippen molar-refractivity contribution in [1.82, 2.24) is 5.32 Å². The number of amides is 1. The molecule has 0 fully saturated rings. The van der Waals surface area contributed by atoms with E-state index in [0.717, 1.165) is 11.1 Å². The Balaban J connectivity index is 1.55. The molecule has 0 unspecified atom stereocenters. The third-order valence-corrected chi connectivity index (χ3v) is 6.97. The van der Waals surface area contributed by atoms with Crippen LogP contribution in [-0.4, -0.2) is 26.0 Å². The molecule has 2 heterocycles. The third kappa shape index (κ3) is 6.55. The molecule has 8 nitrogen and oxygen atoms in total. The topological polar surface area (TPSA) is 91.5 Å². The van der Waals surface area contributed by atoms with Crippen LogP contribution in [0, 0.1) is 6.92 Å². The van der Waals surface area contributed by atoms with Gasteiger partial charge in [-0.05, 0) is 81.1 Å². The lowest BCUT2D eigenvalue weighted by Crippen LogP contribution is -2.25. The van der Waals surface area contributed by atoms with Crippen molar-refractivity contribution in [3.63, 3.8) is 0 Å². The molecule has 3 aromatic rings. The van der Waals surface area contributed by atoms with Gasteiger partial charge in [0.25, 0.3) is 5.91 Å². The van der Waals surface area contributed by atoms with Crippen LogP contribution in [0.5, 0.6) is 5.75 Å². The molecule has 0 atom stereocenters. The molecule has 0 saturated carbocycles. The van der Waals surface area contributed by atoms with Crippen molar-refractivity contribution in [3.8, 4) is 5.75 Å². The number of carbonyl (C=O) groups excluding carboxylic acids is 1. The Bertz CT molecular complexity index is 1510. The van der Waals surface area contributed by atoms with E-state index < -0.39 is 11.5 Å². The highest BCUT2D eigenvalue weighted by atomic mass is 16.5. The van der Waals surface area contributed by atoms with Gasteiger partial charge >= 0.3 is 0 Å². The zero-order chi connectivity index (χ0) is 29.9. The number of carbonyl (C=O) groups is 1. The monoisotopic (exact) mass is 558 g/mol. The lowest BCUT2D eigenvalue weighted by Gasteiger charge is -2.24. The number of aryl methyl sites for hydroxylation is 1. The molecule has 1 amide bonds. The van der Waals surface area contributed by atoms with Gasteiger partial charge < -0.3 is 28.7 Å². The quantitative estimate of drug-likeness (QED) is 0.133. The van der Waals surface area contributed by atoms with Gasteiger partial charge in [-0.25, -0.2) is 0 Å². The standard InChI is InChI=1S/C33H38N2O6/c1-20-17-26-27(33(6,7)41-32(26,4)5)19-23(20)18-25-15-16-28(40-25)30(36)35-29(21(2)37-8)31(38-9)34-22(3)39-24-13-11-10-12-14-24/h10-17,19H,2,18H2,1,3-9H3,(H,35,36)/b31-29-,34-22+. The first-order chi connectivity index (χ1) is 19.3. The predicted molar refractivity (Wildman–Crippen MR) is 158 cm³/mol. The zero-order valence-corrected chi connectivity index (χ0v) is 25.0. The third-order valence-electron chi connectivity index (χ3n) is 6.97. The first-order valence-corrected chi connectivity index (χ1v) is 13.4. The number of nitrogens with zero attached hydrogens (tertiary/aromatic N) is 1. The van der Waals surface area contributed by atoms with Crippen molar-refractivity contribution in [2.24, 2.45) is 4.99 Å². The van der Waals surface area contributed by atoms with Crippen molar-refractivity contribution in [3.05, 3.63) is 112 Å². The lowest BCUT2D eigenvalue weighted by molar-refractivity contribution is -0.105. The summed E-state index contributed by atoms with van der Waals surface area (Å²) in [5, 5.41) is 2.76. The summed E-state index contributed by atoms with van der Waals surface area (Å²) < 4.78 is 28.8. The molecule has 1 aromatic heterocycles. The van der Waals surface area contributed by atoms with Crippen LogP contribution >= 0.6 is 0 Å². The van der Waals surface area contributed by atoms with Gasteiger partial charge in [0.15, 0.2) is 11.7 Å². The minimum atomic E-state index is -0.502. The van der Waals surface area contributed by atoms with Crippen LogP contribution in [0.1, 0.15) is 73.2 Å². The fourth-order valence-corrected chi connectivity index (χ4v) is 5.02. The number of methoxy groups -OCH3 is 2. The SMILES string of the molecule is C=C(OC)/C(NC(=O)c1ccc(Cc2cc3c(cc2C)C(C)(C)OC3(C)C)o1)=C(\N=C(/C)Oc1ccccc1)OC. The highest BCUT2D eigenvalue weighted by Crippen LogP contribution is 2.47. The van der Waals surface area contributed by atoms with Gasteiger partial charge in [0.05, 0.1) is 25.4 Å². The second kappa shape index (κ2) is 11.7. The first kappa shape index (κ1) is 29.7. The molecule has 0 aliphatic carbocycles. The Morgan fingerprint density at radius 2 is 1.63 bits per heavy atom. The Morgan fingerprint density at radius 3 is 2.27 bits per heavy atom. The molecule has 1 aliphatic rings. The number of benzene rings is 2. The Kier molecular flexibility index (Phi) is 8.44. The molecular formula is C33H38N2O6. The maximum atomic E-state index is 13.2. The fourth-order valence-electron chi connectivity index (χ4n) is 5.02. The van der Waals surface area contributed by atoms with E-state index in [4.69, 9.17) is 23.4 Å². The summed E-state index contributed by atoms with van der Waals surface area (Å²) in [7, 11) is 2.87. The fraction of sp³-hybridized carbons (Fsp3) is 0.333. The van der Waals surface area contributed by atoms with E-state index in [1.807, 2.05) is 18.2 Å². The van der Waals surface area contributed by atoms with Gasteiger partial charge in [0, 0.05) is 13.3 Å². The number of nitrogens with one attached hydrogen (secondary N) is 1. The Morgan fingerprint density at radius 1 is 0.976 bits per heavy atom. The maximum absolute atomic E-state index is 13.2. The largest absolute Gasteiger partial charge is 0.495 e. The van der Waals surface area contributed by atoms with E-state index >= 15 is 0 Å². The van der Waals surface area contributed by atoms with Crippen LogP contribution in [0.4, 0.5) is 0 Å². The van der Waals surface area contributed by atoms with Crippen LogP contribution in [0.2, 0.25) is 0 Å². The molecule has 0 saturated heterocycles. The van der Waals surface area contributed by atoms with Crippen LogP contribution in [0.25, 0.3) is 0 Å². The minimum Gasteiger partial charge on any atom is -0.495 e. The van der Waals surface area contributed by atoms with Crippen molar-refractivity contribution in [2.75, 3.05) is 14.2 Å². The zero-order valence-electron chi connectivity index (χ0n) is 25.0. The number of rotatable bonds is 9. The van der Waals surface area contributed by atoms with Crippen LogP contribution in [0.15, 0.2) is 87.9 Å². The van der Waals surface area contributed by atoms with Crippen LogP contribution < -0.4 is 10.1 Å². The van der Waals surface area contributed by atoms with E-state index in [-0.39, 0.29) is 28.7 Å². The smallest absolute Gasteiger partial charge is 0.291 e. The van der Waals surface area contributed by atoms with E-state index in [2.05, 4.69) is 63.6 Å². The summed E-state index contributed by atoms with van der Waals surface area (Å²) in [5.74, 6) is 1.40. The average Bonchev–Trinajstić information content (AvgIpc) is 3.45. The summed E-state index contributed by atoms with van der Waals surface area (Å²) in [6.45, 7) is 16.0. The second-order valence-corrected chi connectivity index (χ2v) is 10.9. The highest BCUT2D eigenvalue weighted by molar-refractivity contribution is 5.93. The highest BCUT2D eigenvalue weighted by Gasteiger charge is 2.43. The predicted octanol–water partition coefficient (Wildman–Crippen LogP) is 6.88. The van der Waals surface area contributed by atoms with Gasteiger partial charge in [-0.2, -0.15) is 4.99 Å². The number of fused-ring (bicyclic) bond motifs is 1. The molecule has 1 N–H and O–H groups in total. The summed E-state index contributed by atoms with van der Waals surface area (Å²) in [5.41, 5.74) is 4.01. The van der Waals surface area contributed by atoms with Gasteiger partial charge in [0.2, 0.25) is 5.88 Å². The van der Waals surface area contributed by atoms with Crippen molar-refractivity contribution >= 4 is 11.8 Å². The summed E-state index contributed by atoms with van der Waals surface area (Å²) >= 11 is 0. The van der Waals surface area contributed by atoms with Crippen molar-refractivity contribution < 1.29 is 28.2 Å². The summed E-state index contributed by atoms with van der Waals surface area (Å²) in [6.07, 6.45) is 0.528. The average molecular weight is 559 g/mol. The molecule has 8 heteroatoms. The molecule has 41 heavy (non-hydrogen) atoms. The molecule has 4 rings (SSSR count). The Labute approximate surface area is 241 Å². The molecular weight excluding hydrogens is 520 g/mol. The van der Waals surface area contributed by atoms with E-state index in [1.165, 1.54) is 25.3 Å². The molecule has 0 spiro atoms. The Hall–Kier alpha value is -4.30. The second-order valence-electron chi connectivity index (χ2n) is 10.9. The molecule has 0 radical (unpaired) electrons. The normalized spacial score (nSPS) is 16.0.